The van der Waals surface area contributed by atoms with E-state index in [1.165, 1.54) is 17.7 Å². The zero-order valence-corrected chi connectivity index (χ0v) is 27.3. The molecule has 0 unspecified atom stereocenters. The Kier molecular flexibility index (Phi) is 10.8. The van der Waals surface area contributed by atoms with Crippen LogP contribution in [0.3, 0.4) is 0 Å². The standard InChI is InChI=1S/C40H36FN3O2.2H2O/c1-6-7-9-25(2)12-13-26-14-15-30-22-35(43-34(30)20-26)29-11-8-10-28(21-29)32-23-33-37(24-36(32)44(4)5)46-39(38(33)40(45)42-3)27-16-18-31(41)19-17-27;;/h6-11,14-24,43H,1-2,12-13H2,3-5H3,(H,42,45);2*1H2/b9-7-;;. The number of H-pyrrole nitrogens is 1. The Labute approximate surface area is 279 Å². The molecule has 2 heterocycles. The highest BCUT2D eigenvalue weighted by atomic mass is 19.1. The molecule has 0 aliphatic heterocycles. The van der Waals surface area contributed by atoms with Crippen LogP contribution in [0, 0.1) is 5.82 Å². The van der Waals surface area contributed by atoms with Crippen LogP contribution in [0.15, 0.2) is 126 Å². The second kappa shape index (κ2) is 14.8. The first-order valence-electron chi connectivity index (χ1n) is 15.2. The van der Waals surface area contributed by atoms with Crippen molar-refractivity contribution in [2.75, 3.05) is 26.0 Å². The number of nitrogens with one attached hydrogen (secondary N) is 2. The highest BCUT2D eigenvalue weighted by Crippen LogP contribution is 2.41. The minimum Gasteiger partial charge on any atom is -0.455 e. The number of benzene rings is 4. The van der Waals surface area contributed by atoms with Crippen LogP contribution in [-0.2, 0) is 6.42 Å². The third-order valence-corrected chi connectivity index (χ3v) is 8.22. The Hall–Kier alpha value is -5.70. The first-order valence-corrected chi connectivity index (χ1v) is 15.2. The van der Waals surface area contributed by atoms with Crippen molar-refractivity contribution in [3.8, 4) is 33.7 Å². The van der Waals surface area contributed by atoms with E-state index in [9.17, 15) is 9.18 Å². The minimum absolute atomic E-state index is 0. The summed E-state index contributed by atoms with van der Waals surface area (Å²) in [5.74, 6) is -0.224. The lowest BCUT2D eigenvalue weighted by molar-refractivity contribution is 0.0964. The van der Waals surface area contributed by atoms with Crippen molar-refractivity contribution < 1.29 is 24.6 Å². The number of anilines is 1. The van der Waals surface area contributed by atoms with Crippen molar-refractivity contribution in [3.05, 3.63) is 139 Å². The van der Waals surface area contributed by atoms with Crippen LogP contribution in [-0.4, -0.2) is 43.0 Å². The Bertz CT molecular complexity index is 2140. The smallest absolute Gasteiger partial charge is 0.255 e. The van der Waals surface area contributed by atoms with Gasteiger partial charge in [0.05, 0.1) is 5.56 Å². The fraction of sp³-hybridized carbons (Fsp3) is 0.125. The van der Waals surface area contributed by atoms with Crippen LogP contribution in [0.2, 0.25) is 0 Å². The molecule has 0 radical (unpaired) electrons. The molecule has 0 spiro atoms. The first kappa shape index (κ1) is 35.2. The molecule has 4 aromatic carbocycles. The monoisotopic (exact) mass is 645 g/mol. The van der Waals surface area contributed by atoms with Crippen molar-refractivity contribution in [3.63, 3.8) is 0 Å². The normalized spacial score (nSPS) is 10.9. The minimum atomic E-state index is -0.354. The van der Waals surface area contributed by atoms with Gasteiger partial charge in [-0.25, -0.2) is 4.39 Å². The lowest BCUT2D eigenvalue weighted by atomic mass is 9.96. The van der Waals surface area contributed by atoms with E-state index >= 15 is 0 Å². The molecule has 1 amide bonds. The molecule has 6 rings (SSSR count). The summed E-state index contributed by atoms with van der Waals surface area (Å²) in [5, 5.41) is 4.58. The van der Waals surface area contributed by atoms with E-state index in [1.807, 2.05) is 49.3 Å². The molecule has 7 nitrogen and oxygen atoms in total. The van der Waals surface area contributed by atoms with Crippen molar-refractivity contribution in [2.45, 2.75) is 12.8 Å². The molecule has 0 atom stereocenters. The van der Waals surface area contributed by atoms with Gasteiger partial charge in [0.25, 0.3) is 5.91 Å². The van der Waals surface area contributed by atoms with E-state index in [2.05, 4.69) is 65.9 Å². The third-order valence-electron chi connectivity index (χ3n) is 8.22. The molecule has 6 aromatic rings. The van der Waals surface area contributed by atoms with Crippen LogP contribution in [0.1, 0.15) is 22.3 Å². The maximum atomic E-state index is 13.7. The molecule has 0 aliphatic rings. The van der Waals surface area contributed by atoms with Gasteiger partial charge in [-0.2, -0.15) is 0 Å². The lowest BCUT2D eigenvalue weighted by Gasteiger charge is -2.18. The summed E-state index contributed by atoms with van der Waals surface area (Å²) in [6.07, 6.45) is 7.47. The highest BCUT2D eigenvalue weighted by Gasteiger charge is 2.24. The van der Waals surface area contributed by atoms with Gasteiger partial charge < -0.3 is 30.6 Å². The Morgan fingerprint density at radius 3 is 2.42 bits per heavy atom. The van der Waals surface area contributed by atoms with E-state index in [4.69, 9.17) is 4.42 Å². The fourth-order valence-corrected chi connectivity index (χ4v) is 5.82. The van der Waals surface area contributed by atoms with E-state index in [0.29, 0.717) is 27.9 Å². The predicted molar refractivity (Wildman–Crippen MR) is 196 cm³/mol. The average Bonchev–Trinajstić information content (AvgIpc) is 3.67. The third kappa shape index (κ3) is 7.00. The number of hydrogen-bond donors (Lipinski definition) is 2. The summed E-state index contributed by atoms with van der Waals surface area (Å²) in [5.41, 5.74) is 10.0. The number of aryl methyl sites for hydroxylation is 1. The zero-order valence-electron chi connectivity index (χ0n) is 27.3. The summed E-state index contributed by atoms with van der Waals surface area (Å²) < 4.78 is 20.0. The van der Waals surface area contributed by atoms with Crippen LogP contribution in [0.4, 0.5) is 10.1 Å². The van der Waals surface area contributed by atoms with Gasteiger partial charge in [-0.05, 0) is 78.1 Å². The predicted octanol–water partition coefficient (Wildman–Crippen LogP) is 8.06. The van der Waals surface area contributed by atoms with E-state index in [0.717, 1.165) is 57.4 Å². The maximum absolute atomic E-state index is 13.7. The number of furan rings is 1. The number of carbonyl (C=O) groups excluding carboxylic acids is 1. The van der Waals surface area contributed by atoms with Crippen molar-refractivity contribution >= 4 is 33.5 Å². The quantitative estimate of drug-likeness (QED) is 0.146. The first-order chi connectivity index (χ1) is 22.2. The van der Waals surface area contributed by atoms with Gasteiger partial charge in [-0.3, -0.25) is 4.79 Å². The largest absolute Gasteiger partial charge is 0.455 e. The van der Waals surface area contributed by atoms with Crippen molar-refractivity contribution in [1.82, 2.24) is 10.3 Å². The molecule has 0 bridgehead atoms. The molecule has 6 N–H and O–H groups in total. The number of amides is 1. The summed E-state index contributed by atoms with van der Waals surface area (Å²) in [6, 6.07) is 27.1. The van der Waals surface area contributed by atoms with E-state index < -0.39 is 0 Å². The van der Waals surface area contributed by atoms with Crippen LogP contribution in [0.5, 0.6) is 0 Å². The molecule has 48 heavy (non-hydrogen) atoms. The van der Waals surface area contributed by atoms with Crippen LogP contribution in [0.25, 0.3) is 55.6 Å². The number of halogens is 1. The Morgan fingerprint density at radius 1 is 0.958 bits per heavy atom. The summed E-state index contributed by atoms with van der Waals surface area (Å²) in [6.45, 7) is 7.86. The molecule has 246 valence electrons. The molecular formula is C40H40FN3O4. The molecule has 2 aromatic heterocycles. The summed E-state index contributed by atoms with van der Waals surface area (Å²) >= 11 is 0. The number of rotatable bonds is 10. The SMILES string of the molecule is C=C/C=C\C(=C)CCc1ccc2cc(-c3cccc(-c4cc5c(C(=O)NC)c(-c6ccc(F)cc6)oc5cc4N(C)C)c3)[nH]c2c1.O.O. The molecular weight excluding hydrogens is 605 g/mol. The van der Waals surface area contributed by atoms with E-state index in [1.54, 1.807) is 25.3 Å². The fourth-order valence-electron chi connectivity index (χ4n) is 5.82. The van der Waals surface area contributed by atoms with Gasteiger partial charge in [-0.15, -0.1) is 0 Å². The molecule has 0 saturated heterocycles. The Balaban J connectivity index is 0.00000260. The molecule has 0 fully saturated rings. The molecule has 8 heteroatoms. The maximum Gasteiger partial charge on any atom is 0.255 e. The van der Waals surface area contributed by atoms with E-state index in [-0.39, 0.29) is 22.7 Å². The van der Waals surface area contributed by atoms with Crippen LogP contribution >= 0.6 is 0 Å². The van der Waals surface area contributed by atoms with Gasteiger partial charge in [0.15, 0.2) is 0 Å². The number of fused-ring (bicyclic) bond motifs is 2. The van der Waals surface area contributed by atoms with Gasteiger partial charge >= 0.3 is 0 Å². The van der Waals surface area contributed by atoms with Crippen LogP contribution < -0.4 is 10.2 Å². The second-order valence-electron chi connectivity index (χ2n) is 11.6. The van der Waals surface area contributed by atoms with Gasteiger partial charge in [0.2, 0.25) is 0 Å². The number of allylic oxidation sites excluding steroid dienone is 4. The number of aromatic amines is 1. The van der Waals surface area contributed by atoms with Gasteiger partial charge in [-0.1, -0.05) is 67.3 Å². The van der Waals surface area contributed by atoms with Crippen molar-refractivity contribution in [2.24, 2.45) is 0 Å². The number of nitrogens with zero attached hydrogens (tertiary/aromatic N) is 1. The Morgan fingerprint density at radius 2 is 1.71 bits per heavy atom. The number of hydrogen-bond acceptors (Lipinski definition) is 3. The number of aromatic nitrogens is 1. The molecule has 0 aliphatic carbocycles. The average molecular weight is 646 g/mol. The second-order valence-corrected chi connectivity index (χ2v) is 11.6. The van der Waals surface area contributed by atoms with Gasteiger partial charge in [0.1, 0.15) is 17.2 Å². The highest BCUT2D eigenvalue weighted by molar-refractivity contribution is 6.13. The summed E-state index contributed by atoms with van der Waals surface area (Å²) in [4.78, 5) is 18.9. The zero-order chi connectivity index (χ0) is 32.4. The summed E-state index contributed by atoms with van der Waals surface area (Å²) in [7, 11) is 5.56. The lowest BCUT2D eigenvalue weighted by Crippen LogP contribution is -2.18. The topological polar surface area (TPSA) is 124 Å². The van der Waals surface area contributed by atoms with Crippen molar-refractivity contribution in [1.29, 1.82) is 0 Å². The number of carbonyl (C=O) groups is 1. The van der Waals surface area contributed by atoms with Gasteiger partial charge in [0, 0.05) is 66.0 Å². The molecule has 0 saturated carbocycles.